The molecule has 0 amide bonds. The zero-order valence-electron chi connectivity index (χ0n) is 12.1. The van der Waals surface area contributed by atoms with Crippen LogP contribution >= 0.6 is 0 Å². The highest BCUT2D eigenvalue weighted by Gasteiger charge is 2.14. The zero-order chi connectivity index (χ0) is 16.0. The summed E-state index contributed by atoms with van der Waals surface area (Å²) in [6, 6.07) is 15.1. The number of sulfonamides is 1. The van der Waals surface area contributed by atoms with Gasteiger partial charge in [0, 0.05) is 17.2 Å². The third-order valence-corrected chi connectivity index (χ3v) is 5.81. The molecule has 1 atom stereocenters. The summed E-state index contributed by atoms with van der Waals surface area (Å²) in [6.45, 7) is 0.107. The van der Waals surface area contributed by atoms with E-state index in [-0.39, 0.29) is 17.2 Å². The summed E-state index contributed by atoms with van der Waals surface area (Å²) in [7, 11) is -3.32. The molecule has 0 saturated heterocycles. The van der Waals surface area contributed by atoms with Gasteiger partial charge in [-0.1, -0.05) is 18.2 Å². The zero-order valence-corrected chi connectivity index (χ0v) is 13.7. The second-order valence-corrected chi connectivity index (χ2v) is 7.77. The minimum atomic E-state index is -3.60. The Morgan fingerprint density at radius 1 is 1.05 bits per heavy atom. The monoisotopic (exact) mass is 339 g/mol. The van der Waals surface area contributed by atoms with Crippen molar-refractivity contribution < 1.29 is 17.4 Å². The number of rotatable bonds is 7. The molecule has 2 rings (SSSR count). The average molecular weight is 339 g/mol. The molecule has 0 bridgehead atoms. The van der Waals surface area contributed by atoms with Gasteiger partial charge in [0.25, 0.3) is 0 Å². The van der Waals surface area contributed by atoms with Crippen molar-refractivity contribution in [2.75, 3.05) is 19.4 Å². The van der Waals surface area contributed by atoms with Crippen LogP contribution in [-0.2, 0) is 20.8 Å². The molecule has 2 aromatic carbocycles. The Balaban J connectivity index is 1.93. The van der Waals surface area contributed by atoms with Gasteiger partial charge in [-0.25, -0.2) is 13.1 Å². The van der Waals surface area contributed by atoms with Crippen molar-refractivity contribution in [1.29, 1.82) is 0 Å². The van der Waals surface area contributed by atoms with Crippen molar-refractivity contribution in [3.05, 3.63) is 54.6 Å². The van der Waals surface area contributed by atoms with E-state index in [1.165, 1.54) is 19.2 Å². The number of benzene rings is 2. The van der Waals surface area contributed by atoms with Crippen molar-refractivity contribution in [3.8, 4) is 5.75 Å². The minimum absolute atomic E-state index is 0.107. The number of hydrogen-bond donors (Lipinski definition) is 1. The van der Waals surface area contributed by atoms with Gasteiger partial charge in [-0.05, 0) is 36.4 Å². The molecule has 0 saturated carbocycles. The molecular weight excluding hydrogens is 322 g/mol. The molecule has 22 heavy (non-hydrogen) atoms. The van der Waals surface area contributed by atoms with Gasteiger partial charge in [-0.2, -0.15) is 0 Å². The lowest BCUT2D eigenvalue weighted by Gasteiger charge is -2.07. The summed E-state index contributed by atoms with van der Waals surface area (Å²) < 4.78 is 43.6. The van der Waals surface area contributed by atoms with E-state index in [0.717, 1.165) is 0 Å². The minimum Gasteiger partial charge on any atom is -0.497 e. The van der Waals surface area contributed by atoms with E-state index in [1.807, 2.05) is 6.07 Å². The molecule has 0 spiro atoms. The Hall–Kier alpha value is -1.70. The highest BCUT2D eigenvalue weighted by molar-refractivity contribution is 7.89. The Kier molecular flexibility index (Phi) is 5.70. The second-order valence-electron chi connectivity index (χ2n) is 4.44. The van der Waals surface area contributed by atoms with Gasteiger partial charge in [-0.15, -0.1) is 0 Å². The third kappa shape index (κ3) is 4.40. The fraction of sp³-hybridized carbons (Fsp3) is 0.200. The first-order valence-electron chi connectivity index (χ1n) is 6.60. The number of ether oxygens (including phenoxy) is 1. The van der Waals surface area contributed by atoms with Crippen LogP contribution in [0, 0.1) is 0 Å². The van der Waals surface area contributed by atoms with Gasteiger partial charge in [-0.3, -0.25) is 4.21 Å². The SMILES string of the molecule is COc1ccc(S(=O)(=O)NCC[S@@](=O)c2ccccc2)cc1. The highest BCUT2D eigenvalue weighted by atomic mass is 32.2. The Morgan fingerprint density at radius 3 is 2.27 bits per heavy atom. The van der Waals surface area contributed by atoms with Crippen molar-refractivity contribution in [2.24, 2.45) is 0 Å². The van der Waals surface area contributed by atoms with Crippen LogP contribution in [-0.4, -0.2) is 32.0 Å². The molecule has 118 valence electrons. The molecular formula is C15H17NO4S2. The van der Waals surface area contributed by atoms with Crippen LogP contribution in [0.1, 0.15) is 0 Å². The smallest absolute Gasteiger partial charge is 0.240 e. The van der Waals surface area contributed by atoms with Crippen LogP contribution in [0.4, 0.5) is 0 Å². The van der Waals surface area contributed by atoms with Crippen LogP contribution in [0.5, 0.6) is 5.75 Å². The standard InChI is InChI=1S/C15H17NO4S2/c1-20-13-7-9-15(10-8-13)22(18,19)16-11-12-21(17)14-5-3-2-4-6-14/h2-10,16H,11-12H2,1H3/t21-/m1/s1. The van der Waals surface area contributed by atoms with Gasteiger partial charge in [0.1, 0.15) is 5.75 Å². The van der Waals surface area contributed by atoms with Crippen molar-refractivity contribution in [1.82, 2.24) is 4.72 Å². The molecule has 0 heterocycles. The average Bonchev–Trinajstić information content (AvgIpc) is 2.55. The van der Waals surface area contributed by atoms with Crippen LogP contribution in [0.25, 0.3) is 0 Å². The fourth-order valence-corrected chi connectivity index (χ4v) is 3.94. The van der Waals surface area contributed by atoms with E-state index >= 15 is 0 Å². The van der Waals surface area contributed by atoms with Gasteiger partial charge in [0.05, 0.1) is 22.8 Å². The maximum Gasteiger partial charge on any atom is 0.240 e. The molecule has 0 aromatic heterocycles. The molecule has 0 radical (unpaired) electrons. The van der Waals surface area contributed by atoms with E-state index in [1.54, 1.807) is 36.4 Å². The second kappa shape index (κ2) is 7.53. The first-order valence-corrected chi connectivity index (χ1v) is 9.40. The van der Waals surface area contributed by atoms with Crippen LogP contribution < -0.4 is 9.46 Å². The van der Waals surface area contributed by atoms with Gasteiger partial charge in [0.2, 0.25) is 10.0 Å². The highest BCUT2D eigenvalue weighted by Crippen LogP contribution is 2.15. The normalized spacial score (nSPS) is 12.8. The predicted octanol–water partition coefficient (Wildman–Crippen LogP) is 1.78. The molecule has 0 fully saturated rings. The number of hydrogen-bond acceptors (Lipinski definition) is 4. The Labute approximate surface area is 132 Å². The molecule has 0 aliphatic rings. The maximum absolute atomic E-state index is 12.1. The quantitative estimate of drug-likeness (QED) is 0.835. The van der Waals surface area contributed by atoms with E-state index in [9.17, 15) is 12.6 Å². The van der Waals surface area contributed by atoms with Gasteiger partial charge >= 0.3 is 0 Å². The largest absolute Gasteiger partial charge is 0.497 e. The first kappa shape index (κ1) is 16.7. The molecule has 1 N–H and O–H groups in total. The number of nitrogens with one attached hydrogen (secondary N) is 1. The summed E-state index contributed by atoms with van der Waals surface area (Å²) in [6.07, 6.45) is 0. The lowest BCUT2D eigenvalue weighted by atomic mass is 10.3. The van der Waals surface area contributed by atoms with Crippen LogP contribution in [0.15, 0.2) is 64.4 Å². The summed E-state index contributed by atoms with van der Waals surface area (Å²) in [5.74, 6) is 0.809. The first-order chi connectivity index (χ1) is 10.5. The summed E-state index contributed by atoms with van der Waals surface area (Å²) >= 11 is 0. The van der Waals surface area contributed by atoms with E-state index < -0.39 is 20.8 Å². The molecule has 2 aromatic rings. The topological polar surface area (TPSA) is 72.5 Å². The Morgan fingerprint density at radius 2 is 1.68 bits per heavy atom. The Bertz CT molecular complexity index is 728. The lowest BCUT2D eigenvalue weighted by Crippen LogP contribution is -2.27. The van der Waals surface area contributed by atoms with Gasteiger partial charge < -0.3 is 4.74 Å². The molecule has 5 nitrogen and oxygen atoms in total. The van der Waals surface area contributed by atoms with E-state index in [4.69, 9.17) is 4.74 Å². The predicted molar refractivity (Wildman–Crippen MR) is 85.9 cm³/mol. The van der Waals surface area contributed by atoms with E-state index in [0.29, 0.717) is 10.6 Å². The van der Waals surface area contributed by atoms with E-state index in [2.05, 4.69) is 4.72 Å². The molecule has 0 unspecified atom stereocenters. The lowest BCUT2D eigenvalue weighted by molar-refractivity contribution is 0.414. The molecule has 0 aliphatic carbocycles. The van der Waals surface area contributed by atoms with Crippen molar-refractivity contribution in [3.63, 3.8) is 0 Å². The van der Waals surface area contributed by atoms with Crippen molar-refractivity contribution in [2.45, 2.75) is 9.79 Å². The molecule has 7 heteroatoms. The summed E-state index contributed by atoms with van der Waals surface area (Å²) in [5, 5.41) is 0. The fourth-order valence-electron chi connectivity index (χ4n) is 1.80. The number of methoxy groups -OCH3 is 1. The maximum atomic E-state index is 12.1. The van der Waals surface area contributed by atoms with Crippen LogP contribution in [0.2, 0.25) is 0 Å². The summed E-state index contributed by atoms with van der Waals surface area (Å²) in [5.41, 5.74) is 0. The third-order valence-electron chi connectivity index (χ3n) is 2.96. The van der Waals surface area contributed by atoms with Crippen molar-refractivity contribution >= 4 is 20.8 Å². The van der Waals surface area contributed by atoms with Crippen LogP contribution in [0.3, 0.4) is 0 Å². The van der Waals surface area contributed by atoms with Gasteiger partial charge in [0.15, 0.2) is 0 Å². The molecule has 0 aliphatic heterocycles. The summed E-state index contributed by atoms with van der Waals surface area (Å²) in [4.78, 5) is 0.838.